The number of nitrogens with zero attached hydrogens (tertiary/aromatic N) is 1. The van der Waals surface area contributed by atoms with Crippen LogP contribution in [0.5, 0.6) is 0 Å². The van der Waals surface area contributed by atoms with Gasteiger partial charge in [0.25, 0.3) is 8.32 Å². The van der Waals surface area contributed by atoms with Gasteiger partial charge in [-0.25, -0.2) is 0 Å². The number of hydrogen-bond donors (Lipinski definition) is 0. The van der Waals surface area contributed by atoms with Crippen molar-refractivity contribution in [1.82, 2.24) is 0 Å². The van der Waals surface area contributed by atoms with Gasteiger partial charge in [-0.1, -0.05) is 159 Å². The maximum atomic E-state index is 6.85. The Labute approximate surface area is 291 Å². The van der Waals surface area contributed by atoms with Crippen LogP contribution in [0.2, 0.25) is 18.1 Å². The Morgan fingerprint density at radius 3 is 1.46 bits per heavy atom. The zero-order valence-electron chi connectivity index (χ0n) is 28.8. The van der Waals surface area contributed by atoms with Crippen LogP contribution in [0.25, 0.3) is 0 Å². The summed E-state index contributed by atoms with van der Waals surface area (Å²) >= 11 is 1.62. The topological polar surface area (TPSA) is 58.5 Å². The van der Waals surface area contributed by atoms with Crippen LogP contribution in [0.4, 0.5) is 0 Å². The van der Waals surface area contributed by atoms with E-state index in [1.54, 1.807) is 11.8 Å². The van der Waals surface area contributed by atoms with Crippen LogP contribution in [0.15, 0.2) is 126 Å². The molecule has 1 fully saturated rings. The predicted molar refractivity (Wildman–Crippen MR) is 198 cm³/mol. The summed E-state index contributed by atoms with van der Waals surface area (Å²) in [6.45, 7) is 13.2. The van der Waals surface area contributed by atoms with Crippen LogP contribution >= 0.6 is 11.8 Å². The molecule has 0 spiro atoms. The van der Waals surface area contributed by atoms with E-state index in [0.29, 0.717) is 33.0 Å². The fourth-order valence-corrected chi connectivity index (χ4v) is 6.95. The molecule has 0 amide bonds. The predicted octanol–water partition coefficient (Wildman–Crippen LogP) is 9.41. The normalized spacial score (nSPS) is 20.9. The third kappa shape index (κ3) is 10.4. The lowest BCUT2D eigenvalue weighted by Crippen LogP contribution is -2.56. The summed E-state index contributed by atoms with van der Waals surface area (Å²) < 4.78 is 33.3. The molecule has 48 heavy (non-hydrogen) atoms. The summed E-state index contributed by atoms with van der Waals surface area (Å²) in [5.74, 6) is 0. The molecule has 0 bridgehead atoms. The minimum atomic E-state index is -2.23. The van der Waals surface area contributed by atoms with Gasteiger partial charge in [-0.15, -0.1) is 0 Å². The highest BCUT2D eigenvalue weighted by molar-refractivity contribution is 8.14. The first-order chi connectivity index (χ1) is 23.2. The van der Waals surface area contributed by atoms with Crippen molar-refractivity contribution in [1.29, 1.82) is 0 Å². The Hall–Kier alpha value is -3.24. The summed E-state index contributed by atoms with van der Waals surface area (Å²) in [4.78, 5) is 0. The van der Waals surface area contributed by atoms with Gasteiger partial charge in [0, 0.05) is 0 Å². The molecule has 4 aromatic rings. The van der Waals surface area contributed by atoms with Crippen molar-refractivity contribution < 1.29 is 23.5 Å². The first kappa shape index (κ1) is 36.0. The van der Waals surface area contributed by atoms with E-state index in [4.69, 9.17) is 28.6 Å². The van der Waals surface area contributed by atoms with Crippen molar-refractivity contribution in [2.75, 3.05) is 6.61 Å². The van der Waals surface area contributed by atoms with Crippen LogP contribution in [-0.2, 0) is 49.9 Å². The van der Waals surface area contributed by atoms with Gasteiger partial charge in [-0.2, -0.15) is 0 Å². The Morgan fingerprint density at radius 2 is 1.00 bits per heavy atom. The standard InChI is InChI=1S/C40H49NO5SSi/c1-40(2,3)48(4,5)46-41-39-38(45-29-34-24-16-9-17-25-34)37(44-28-33-22-14-8-15-23-33)36(43-27-32-20-12-7-13-21-32)35(47-39)30-42-26-31-18-10-6-11-19-31/h6-25,35-38H,26-30H2,1-5H3/b41-39-/t35-,36-,37-,38+/m0/s1. The van der Waals surface area contributed by atoms with E-state index < -0.39 is 20.5 Å². The highest BCUT2D eigenvalue weighted by Gasteiger charge is 2.48. The van der Waals surface area contributed by atoms with Gasteiger partial charge in [0.1, 0.15) is 23.4 Å². The fraction of sp³-hybridized carbons (Fsp3) is 0.375. The van der Waals surface area contributed by atoms with Gasteiger partial charge in [0.2, 0.25) is 0 Å². The number of benzene rings is 4. The first-order valence-corrected chi connectivity index (χ1v) is 20.5. The number of hydrogen-bond acceptors (Lipinski definition) is 7. The number of rotatable bonds is 15. The molecule has 8 heteroatoms. The van der Waals surface area contributed by atoms with E-state index in [1.165, 1.54) is 0 Å². The molecule has 0 saturated carbocycles. The third-order valence-corrected chi connectivity index (χ3v) is 14.3. The quantitative estimate of drug-likeness (QED) is 0.0920. The van der Waals surface area contributed by atoms with Gasteiger partial charge < -0.3 is 23.5 Å². The highest BCUT2D eigenvalue weighted by atomic mass is 32.2. The molecule has 0 N–H and O–H groups in total. The summed E-state index contributed by atoms with van der Waals surface area (Å²) in [5.41, 5.74) is 4.36. The minimum absolute atomic E-state index is 0.0144. The maximum absolute atomic E-state index is 6.85. The Morgan fingerprint density at radius 1 is 0.583 bits per heavy atom. The van der Waals surface area contributed by atoms with Gasteiger partial charge >= 0.3 is 0 Å². The summed E-state index contributed by atoms with van der Waals surface area (Å²) in [6, 6.07) is 40.9. The number of ether oxygens (including phenoxy) is 4. The lowest BCUT2D eigenvalue weighted by atomic mass is 10.0. The van der Waals surface area contributed by atoms with Gasteiger partial charge in [0.05, 0.1) is 38.3 Å². The molecule has 5 rings (SSSR count). The van der Waals surface area contributed by atoms with Crippen molar-refractivity contribution in [3.8, 4) is 0 Å². The van der Waals surface area contributed by atoms with E-state index in [-0.39, 0.29) is 16.4 Å². The van der Waals surface area contributed by atoms with Crippen LogP contribution in [0.1, 0.15) is 43.0 Å². The van der Waals surface area contributed by atoms with Crippen LogP contribution in [-0.4, -0.2) is 43.5 Å². The average Bonchev–Trinajstić information content (AvgIpc) is 3.10. The van der Waals surface area contributed by atoms with E-state index in [1.807, 2.05) is 72.8 Å². The molecule has 0 radical (unpaired) electrons. The Bertz CT molecular complexity index is 1530. The second-order valence-corrected chi connectivity index (χ2v) is 19.6. The molecule has 0 aliphatic carbocycles. The average molecular weight is 684 g/mol. The highest BCUT2D eigenvalue weighted by Crippen LogP contribution is 2.39. The van der Waals surface area contributed by atoms with Crippen molar-refractivity contribution >= 4 is 25.1 Å². The van der Waals surface area contributed by atoms with Crippen molar-refractivity contribution in [2.45, 2.75) is 88.9 Å². The lowest BCUT2D eigenvalue weighted by Gasteiger charge is -2.42. The van der Waals surface area contributed by atoms with Crippen molar-refractivity contribution in [3.63, 3.8) is 0 Å². The van der Waals surface area contributed by atoms with Crippen LogP contribution in [0, 0.1) is 0 Å². The monoisotopic (exact) mass is 683 g/mol. The number of thioether (sulfide) groups is 1. The minimum Gasteiger partial charge on any atom is -0.454 e. The third-order valence-electron chi connectivity index (χ3n) is 8.91. The van der Waals surface area contributed by atoms with Crippen molar-refractivity contribution in [3.05, 3.63) is 144 Å². The zero-order valence-corrected chi connectivity index (χ0v) is 30.6. The molecule has 4 aromatic carbocycles. The summed E-state index contributed by atoms with van der Waals surface area (Å²) in [7, 11) is -2.23. The maximum Gasteiger partial charge on any atom is 0.286 e. The van der Waals surface area contributed by atoms with E-state index >= 15 is 0 Å². The molecule has 1 heterocycles. The lowest BCUT2D eigenvalue weighted by molar-refractivity contribution is -0.139. The summed E-state index contributed by atoms with van der Waals surface area (Å²) in [5, 5.41) is 5.52. The van der Waals surface area contributed by atoms with Gasteiger partial charge in [-0.05, 0) is 40.4 Å². The molecule has 254 valence electrons. The molecule has 0 unspecified atom stereocenters. The smallest absolute Gasteiger partial charge is 0.286 e. The molecule has 4 atom stereocenters. The van der Waals surface area contributed by atoms with E-state index in [9.17, 15) is 0 Å². The second-order valence-electron chi connectivity index (χ2n) is 13.7. The SMILES string of the molecule is CC(C)(C)[Si](C)(C)O/N=C1\S[C@@H](COCc2ccccc2)[C@H](OCc2ccccc2)[C@H](OCc2ccccc2)[C@H]1OCc1ccccc1. The molecular weight excluding hydrogens is 635 g/mol. The second kappa shape index (κ2) is 17.4. The fourth-order valence-electron chi connectivity index (χ4n) is 5.02. The van der Waals surface area contributed by atoms with Gasteiger partial charge in [0.15, 0.2) is 0 Å². The molecule has 6 nitrogen and oxygen atoms in total. The number of oxime groups is 1. The largest absolute Gasteiger partial charge is 0.454 e. The van der Waals surface area contributed by atoms with E-state index in [2.05, 4.69) is 82.4 Å². The van der Waals surface area contributed by atoms with Gasteiger partial charge in [-0.3, -0.25) is 0 Å². The van der Waals surface area contributed by atoms with E-state index in [0.717, 1.165) is 27.3 Å². The summed E-state index contributed by atoms with van der Waals surface area (Å²) in [6.07, 6.45) is -1.36. The Balaban J connectivity index is 1.49. The molecule has 1 saturated heterocycles. The Kier molecular flexibility index (Phi) is 13.1. The van der Waals surface area contributed by atoms with Crippen LogP contribution in [0.3, 0.4) is 0 Å². The molecular formula is C40H49NO5SSi. The van der Waals surface area contributed by atoms with Crippen LogP contribution < -0.4 is 0 Å². The zero-order chi connectivity index (χ0) is 33.8. The molecule has 1 aliphatic heterocycles. The molecule has 0 aromatic heterocycles. The first-order valence-electron chi connectivity index (χ1n) is 16.7. The van der Waals surface area contributed by atoms with Crippen molar-refractivity contribution in [2.24, 2.45) is 5.16 Å². The molecule has 1 aliphatic rings.